The lowest BCUT2D eigenvalue weighted by Crippen LogP contribution is -2.40. The Morgan fingerprint density at radius 2 is 0.922 bits per heavy atom. The van der Waals surface area contributed by atoms with Gasteiger partial charge < -0.3 is 10.6 Å². The molecule has 0 bridgehead atoms. The zero-order valence-electron chi connectivity index (χ0n) is 43.3. The standard InChI is InChI=1S/C30H28ClN5O2S.C30H29N5O2S/c1-30(2,3)36-39(37,38)23-16-21(17-32-19-23)26-25-14-9-13-24(20-10-5-4-6-11-20)27(25)29(35-28(26)31)34-18-22-12-7-8-15-33-22;1-30(2,3)35-38(36,37)24-16-22(17-31-19-24)27-20-34-29(33-18-23-12-7-8-15-32-23)28-25(13-9-14-26(27)28)21-10-5-4-6-11-21/h4-17,19,36H,18H2,1-3H3,(H,34,35);4-17,19-20,35H,18H2,1-3H3,(H,33,34). The lowest BCUT2D eigenvalue weighted by molar-refractivity contribution is 0.489. The molecule has 0 aliphatic heterocycles. The van der Waals surface area contributed by atoms with Crippen LogP contribution in [0.15, 0.2) is 199 Å². The van der Waals surface area contributed by atoms with Crippen LogP contribution in [0.5, 0.6) is 0 Å². The number of rotatable bonds is 14. The molecule has 0 atom stereocenters. The fourth-order valence-corrected chi connectivity index (χ4v) is 11.9. The van der Waals surface area contributed by atoms with Crippen LogP contribution in [0.1, 0.15) is 52.9 Å². The Labute approximate surface area is 454 Å². The molecule has 390 valence electrons. The van der Waals surface area contributed by atoms with Crippen molar-refractivity contribution in [2.75, 3.05) is 10.6 Å². The van der Waals surface area contributed by atoms with Crippen LogP contribution in [-0.2, 0) is 33.1 Å². The Hall–Kier alpha value is -7.99. The lowest BCUT2D eigenvalue weighted by Gasteiger charge is -2.21. The highest BCUT2D eigenvalue weighted by Crippen LogP contribution is 2.43. The molecule has 14 nitrogen and oxygen atoms in total. The van der Waals surface area contributed by atoms with E-state index in [1.54, 1.807) is 84.7 Å². The normalized spacial score (nSPS) is 12.0. The van der Waals surface area contributed by atoms with Crippen LogP contribution in [0.2, 0.25) is 5.15 Å². The van der Waals surface area contributed by atoms with Crippen LogP contribution in [-0.4, -0.2) is 57.8 Å². The summed E-state index contributed by atoms with van der Waals surface area (Å²) in [4.78, 5) is 27.1. The maximum Gasteiger partial charge on any atom is 0.242 e. The van der Waals surface area contributed by atoms with Crippen molar-refractivity contribution >= 4 is 64.8 Å². The van der Waals surface area contributed by atoms with E-state index in [0.717, 1.165) is 66.6 Å². The molecule has 6 aromatic heterocycles. The van der Waals surface area contributed by atoms with Crippen molar-refractivity contribution in [2.45, 2.75) is 75.5 Å². The topological polar surface area (TPSA) is 194 Å². The molecule has 0 fully saturated rings. The Morgan fingerprint density at radius 3 is 1.43 bits per heavy atom. The molecule has 6 heterocycles. The minimum absolute atomic E-state index is 0.0516. The summed E-state index contributed by atoms with van der Waals surface area (Å²) in [6, 6.07) is 47.0. The summed E-state index contributed by atoms with van der Waals surface area (Å²) < 4.78 is 57.6. The first kappa shape index (κ1) is 53.8. The van der Waals surface area contributed by atoms with E-state index in [1.165, 1.54) is 12.4 Å². The monoisotopic (exact) mass is 1080 g/mol. The van der Waals surface area contributed by atoms with Gasteiger partial charge in [0.25, 0.3) is 0 Å². The van der Waals surface area contributed by atoms with Gasteiger partial charge in [0.15, 0.2) is 0 Å². The van der Waals surface area contributed by atoms with Gasteiger partial charge >= 0.3 is 0 Å². The molecule has 10 rings (SSSR count). The molecule has 10 aromatic rings. The Balaban J connectivity index is 0.000000188. The molecule has 0 saturated carbocycles. The highest BCUT2D eigenvalue weighted by Gasteiger charge is 2.26. The number of nitrogens with zero attached hydrogens (tertiary/aromatic N) is 6. The van der Waals surface area contributed by atoms with Gasteiger partial charge in [-0.2, -0.15) is 0 Å². The molecule has 0 unspecified atom stereocenters. The quantitative estimate of drug-likeness (QED) is 0.0754. The summed E-state index contributed by atoms with van der Waals surface area (Å²) >= 11 is 6.84. The van der Waals surface area contributed by atoms with Gasteiger partial charge in [0.1, 0.15) is 26.6 Å². The van der Waals surface area contributed by atoms with Gasteiger partial charge in [-0.1, -0.05) is 121 Å². The summed E-state index contributed by atoms with van der Waals surface area (Å²) in [5.74, 6) is 1.33. The Kier molecular flexibility index (Phi) is 15.9. The number of hydrogen-bond donors (Lipinski definition) is 4. The van der Waals surface area contributed by atoms with Gasteiger partial charge in [-0.3, -0.25) is 19.9 Å². The predicted octanol–water partition coefficient (Wildman–Crippen LogP) is 12.7. The fraction of sp³-hybridized carbons (Fsp3) is 0.167. The van der Waals surface area contributed by atoms with E-state index in [4.69, 9.17) is 21.6 Å². The van der Waals surface area contributed by atoms with Crippen molar-refractivity contribution < 1.29 is 16.8 Å². The summed E-state index contributed by atoms with van der Waals surface area (Å²) in [5, 5.41) is 10.7. The first-order valence-corrected chi connectivity index (χ1v) is 28.1. The van der Waals surface area contributed by atoms with Crippen molar-refractivity contribution in [2.24, 2.45) is 0 Å². The van der Waals surface area contributed by atoms with Gasteiger partial charge in [0.05, 0.1) is 24.5 Å². The second-order valence-electron chi connectivity index (χ2n) is 20.2. The number of pyridine rings is 6. The third-order valence-corrected chi connectivity index (χ3v) is 15.6. The van der Waals surface area contributed by atoms with Crippen molar-refractivity contribution in [3.63, 3.8) is 0 Å². The minimum atomic E-state index is -3.81. The first-order valence-electron chi connectivity index (χ1n) is 24.7. The van der Waals surface area contributed by atoms with Gasteiger partial charge in [-0.05, 0) is 111 Å². The summed E-state index contributed by atoms with van der Waals surface area (Å²) in [5.41, 5.74) is 7.17. The SMILES string of the molecule is CC(C)(C)NS(=O)(=O)c1cncc(-c2c(Cl)nc(NCc3ccccn3)c3c(-c4ccccc4)cccc23)c1.CC(C)(C)NS(=O)(=O)c1cncc(-c2cnc(NCc3ccccn3)c3c(-c4ccccc4)cccc23)c1. The molecule has 0 aliphatic carbocycles. The maximum absolute atomic E-state index is 13.1. The van der Waals surface area contributed by atoms with Crippen LogP contribution in [0.4, 0.5) is 11.6 Å². The smallest absolute Gasteiger partial charge is 0.242 e. The maximum atomic E-state index is 13.1. The fourth-order valence-electron chi connectivity index (χ4n) is 8.81. The van der Waals surface area contributed by atoms with E-state index in [1.807, 2.05) is 115 Å². The van der Waals surface area contributed by atoms with Crippen molar-refractivity contribution in [3.8, 4) is 44.5 Å². The van der Waals surface area contributed by atoms with E-state index < -0.39 is 31.1 Å². The number of anilines is 2. The predicted molar refractivity (Wildman–Crippen MR) is 309 cm³/mol. The van der Waals surface area contributed by atoms with Crippen LogP contribution in [0.25, 0.3) is 66.1 Å². The average Bonchev–Trinajstić information content (AvgIpc) is 3.41. The number of halogens is 1. The van der Waals surface area contributed by atoms with Crippen molar-refractivity contribution in [1.82, 2.24) is 39.3 Å². The van der Waals surface area contributed by atoms with Crippen molar-refractivity contribution in [3.05, 3.63) is 206 Å². The van der Waals surface area contributed by atoms with Crippen LogP contribution >= 0.6 is 11.6 Å². The van der Waals surface area contributed by atoms with E-state index >= 15 is 0 Å². The molecule has 0 aliphatic rings. The molecule has 4 aromatic carbocycles. The number of fused-ring (bicyclic) bond motifs is 2. The molecule has 17 heteroatoms. The van der Waals surface area contributed by atoms with Gasteiger partial charge in [0.2, 0.25) is 20.0 Å². The van der Waals surface area contributed by atoms with Crippen molar-refractivity contribution in [1.29, 1.82) is 0 Å². The van der Waals surface area contributed by atoms with E-state index in [2.05, 4.69) is 58.2 Å². The van der Waals surface area contributed by atoms with Gasteiger partial charge in [-0.25, -0.2) is 36.2 Å². The third kappa shape index (κ3) is 13.0. The lowest BCUT2D eigenvalue weighted by atomic mass is 9.94. The zero-order valence-corrected chi connectivity index (χ0v) is 45.7. The van der Waals surface area contributed by atoms with Crippen LogP contribution in [0.3, 0.4) is 0 Å². The first-order chi connectivity index (χ1) is 36.8. The molecule has 77 heavy (non-hydrogen) atoms. The molecular formula is C60H57ClN10O4S2. The highest BCUT2D eigenvalue weighted by atomic mass is 35.5. The average molecular weight is 1080 g/mol. The highest BCUT2D eigenvalue weighted by molar-refractivity contribution is 7.89. The minimum Gasteiger partial charge on any atom is -0.364 e. The van der Waals surface area contributed by atoms with Crippen LogP contribution in [0, 0.1) is 0 Å². The number of benzene rings is 4. The Morgan fingerprint density at radius 1 is 0.455 bits per heavy atom. The molecule has 0 amide bonds. The Bertz CT molecular complexity index is 3940. The molecule has 0 radical (unpaired) electrons. The number of hydrogen-bond acceptors (Lipinski definition) is 12. The van der Waals surface area contributed by atoms with Crippen LogP contribution < -0.4 is 20.1 Å². The molecule has 0 saturated heterocycles. The van der Waals surface area contributed by atoms with E-state index in [9.17, 15) is 16.8 Å². The molecular weight excluding hydrogens is 1020 g/mol. The second-order valence-corrected chi connectivity index (χ2v) is 23.9. The summed E-state index contributed by atoms with van der Waals surface area (Å²) in [6.07, 6.45) is 11.3. The number of aromatic nitrogens is 6. The molecule has 0 spiro atoms. The zero-order chi connectivity index (χ0) is 54.4. The van der Waals surface area contributed by atoms with E-state index in [0.29, 0.717) is 35.6 Å². The summed E-state index contributed by atoms with van der Waals surface area (Å²) in [6.45, 7) is 11.8. The summed E-state index contributed by atoms with van der Waals surface area (Å²) in [7, 11) is -7.56. The van der Waals surface area contributed by atoms with E-state index in [-0.39, 0.29) is 14.9 Å². The largest absolute Gasteiger partial charge is 0.364 e. The van der Waals surface area contributed by atoms with Gasteiger partial charge in [-0.15, -0.1) is 0 Å². The third-order valence-electron chi connectivity index (χ3n) is 11.9. The second kappa shape index (κ2) is 22.7. The number of sulfonamides is 2. The van der Waals surface area contributed by atoms with Gasteiger partial charge in [0, 0.05) is 87.5 Å². The molecule has 4 N–H and O–H groups in total. The number of nitrogens with one attached hydrogen (secondary N) is 4.